The molecule has 1 atom stereocenters. The number of aromatic nitrogens is 1. The Morgan fingerprint density at radius 1 is 1.25 bits per heavy atom. The number of hydrogen-bond donors (Lipinski definition) is 2. The maximum absolute atomic E-state index is 3.68. The molecule has 2 heteroatoms. The lowest BCUT2D eigenvalue weighted by molar-refractivity contribution is 0.409. The summed E-state index contributed by atoms with van der Waals surface area (Å²) in [6, 6.07) is 7.12. The van der Waals surface area contributed by atoms with E-state index in [1.54, 1.807) is 0 Å². The Morgan fingerprint density at radius 2 is 2.00 bits per heavy atom. The van der Waals surface area contributed by atoms with Crippen LogP contribution in [-0.4, -0.2) is 11.5 Å². The molecular formula is C18H28N2. The lowest BCUT2D eigenvalue weighted by Crippen LogP contribution is -2.30. The third-order valence-corrected chi connectivity index (χ3v) is 4.00. The molecule has 2 N–H and O–H groups in total. The van der Waals surface area contributed by atoms with Crippen molar-refractivity contribution in [1.29, 1.82) is 0 Å². The quantitative estimate of drug-likeness (QED) is 0.812. The minimum absolute atomic E-state index is 0.501. The zero-order chi connectivity index (χ0) is 14.7. The van der Waals surface area contributed by atoms with Gasteiger partial charge in [-0.1, -0.05) is 45.9 Å². The normalized spacial score (nSPS) is 17.8. The lowest BCUT2D eigenvalue weighted by Gasteiger charge is -2.25. The number of para-hydroxylation sites is 1. The predicted octanol–water partition coefficient (Wildman–Crippen LogP) is 4.74. The molecule has 0 saturated heterocycles. The van der Waals surface area contributed by atoms with Crippen molar-refractivity contribution in [3.63, 3.8) is 0 Å². The molecule has 20 heavy (non-hydrogen) atoms. The fraction of sp³-hybridized carbons (Fsp3) is 0.556. The summed E-state index contributed by atoms with van der Waals surface area (Å²) in [5, 5.41) is 5.09. The highest BCUT2D eigenvalue weighted by atomic mass is 15.0. The van der Waals surface area contributed by atoms with Crippen LogP contribution in [0.2, 0.25) is 0 Å². The number of benzene rings is 1. The predicted molar refractivity (Wildman–Crippen MR) is 88.3 cm³/mol. The second kappa shape index (κ2) is 6.45. The highest BCUT2D eigenvalue weighted by Gasteiger charge is 2.24. The molecular weight excluding hydrogens is 244 g/mol. The van der Waals surface area contributed by atoms with Crippen LogP contribution in [0.1, 0.15) is 57.0 Å². The highest BCUT2D eigenvalue weighted by Crippen LogP contribution is 2.33. The smallest absolute Gasteiger partial charge is 0.0489 e. The molecule has 1 aromatic carbocycles. The van der Waals surface area contributed by atoms with Gasteiger partial charge in [0, 0.05) is 22.6 Å². The molecule has 0 radical (unpaired) electrons. The summed E-state index contributed by atoms with van der Waals surface area (Å²) in [6.07, 6.45) is 2.35. The largest absolute Gasteiger partial charge is 0.357 e. The Balaban J connectivity index is 0.000000704. The van der Waals surface area contributed by atoms with Crippen molar-refractivity contribution in [1.82, 2.24) is 10.3 Å². The number of nitrogens with one attached hydrogen (secondary N) is 2. The number of H-pyrrole nitrogens is 1. The molecule has 0 amide bonds. The summed E-state index contributed by atoms with van der Waals surface area (Å²) in [4.78, 5) is 3.68. The first-order chi connectivity index (χ1) is 9.66. The van der Waals surface area contributed by atoms with Gasteiger partial charge in [-0.05, 0) is 43.4 Å². The van der Waals surface area contributed by atoms with E-state index in [1.807, 2.05) is 13.8 Å². The minimum Gasteiger partial charge on any atom is -0.357 e. The average molecular weight is 272 g/mol. The van der Waals surface area contributed by atoms with Crippen LogP contribution in [0.15, 0.2) is 18.2 Å². The molecule has 1 aliphatic heterocycles. The van der Waals surface area contributed by atoms with Crippen LogP contribution in [0.5, 0.6) is 0 Å². The minimum atomic E-state index is 0.501. The van der Waals surface area contributed by atoms with Gasteiger partial charge in [0.05, 0.1) is 0 Å². The summed E-state index contributed by atoms with van der Waals surface area (Å²) in [5.41, 5.74) is 5.66. The molecule has 1 aromatic heterocycles. The van der Waals surface area contributed by atoms with E-state index in [-0.39, 0.29) is 0 Å². The van der Waals surface area contributed by atoms with Gasteiger partial charge < -0.3 is 10.3 Å². The first-order valence-corrected chi connectivity index (χ1v) is 8.00. The van der Waals surface area contributed by atoms with Gasteiger partial charge in [0.25, 0.3) is 0 Å². The van der Waals surface area contributed by atoms with Gasteiger partial charge in [-0.25, -0.2) is 0 Å². The lowest BCUT2D eigenvalue weighted by atomic mass is 9.93. The van der Waals surface area contributed by atoms with Crippen LogP contribution in [0, 0.1) is 12.8 Å². The second-order valence-corrected chi connectivity index (χ2v) is 5.90. The molecule has 2 nitrogen and oxygen atoms in total. The van der Waals surface area contributed by atoms with Gasteiger partial charge in [0.1, 0.15) is 0 Å². The maximum atomic E-state index is 3.68. The van der Waals surface area contributed by atoms with Gasteiger partial charge >= 0.3 is 0 Å². The Labute approximate surface area is 123 Å². The highest BCUT2D eigenvalue weighted by molar-refractivity contribution is 5.87. The Hall–Kier alpha value is -1.28. The van der Waals surface area contributed by atoms with E-state index < -0.39 is 0 Å². The second-order valence-electron chi connectivity index (χ2n) is 5.90. The Morgan fingerprint density at radius 3 is 2.70 bits per heavy atom. The maximum Gasteiger partial charge on any atom is 0.0489 e. The van der Waals surface area contributed by atoms with Gasteiger partial charge in [0.15, 0.2) is 0 Å². The Kier molecular flexibility index (Phi) is 4.87. The van der Waals surface area contributed by atoms with E-state index in [2.05, 4.69) is 49.3 Å². The summed E-state index contributed by atoms with van der Waals surface area (Å²) in [7, 11) is 0. The van der Waals surface area contributed by atoms with Crippen LogP contribution in [-0.2, 0) is 6.42 Å². The van der Waals surface area contributed by atoms with Crippen molar-refractivity contribution >= 4 is 10.9 Å². The zero-order valence-corrected chi connectivity index (χ0v) is 13.5. The molecule has 1 aliphatic rings. The monoisotopic (exact) mass is 272 g/mol. The summed E-state index contributed by atoms with van der Waals surface area (Å²) in [6.45, 7) is 11.9. The van der Waals surface area contributed by atoms with E-state index in [4.69, 9.17) is 0 Å². The first kappa shape index (κ1) is 15.1. The van der Waals surface area contributed by atoms with Crippen LogP contribution in [0.3, 0.4) is 0 Å². The van der Waals surface area contributed by atoms with Crippen molar-refractivity contribution in [2.45, 2.75) is 53.5 Å². The molecule has 3 rings (SSSR count). The van der Waals surface area contributed by atoms with E-state index in [0.717, 1.165) is 18.9 Å². The fourth-order valence-electron chi connectivity index (χ4n) is 3.15. The average Bonchev–Trinajstić information content (AvgIpc) is 2.82. The molecule has 0 fully saturated rings. The van der Waals surface area contributed by atoms with E-state index in [9.17, 15) is 0 Å². The number of rotatable bonds is 2. The van der Waals surface area contributed by atoms with Crippen molar-refractivity contribution < 1.29 is 0 Å². The van der Waals surface area contributed by atoms with Gasteiger partial charge in [0.2, 0.25) is 0 Å². The number of fused-ring (bicyclic) bond motifs is 3. The number of aromatic amines is 1. The molecule has 0 bridgehead atoms. The molecule has 110 valence electrons. The van der Waals surface area contributed by atoms with E-state index >= 15 is 0 Å². The van der Waals surface area contributed by atoms with Gasteiger partial charge in [-0.2, -0.15) is 0 Å². The summed E-state index contributed by atoms with van der Waals surface area (Å²) < 4.78 is 0. The Bertz CT molecular complexity index is 566. The number of hydrogen-bond acceptors (Lipinski definition) is 1. The van der Waals surface area contributed by atoms with Gasteiger partial charge in [-0.3, -0.25) is 0 Å². The van der Waals surface area contributed by atoms with Crippen molar-refractivity contribution in [3.8, 4) is 0 Å². The van der Waals surface area contributed by atoms with Crippen LogP contribution >= 0.6 is 0 Å². The van der Waals surface area contributed by atoms with Crippen molar-refractivity contribution in [2.75, 3.05) is 6.54 Å². The van der Waals surface area contributed by atoms with Crippen LogP contribution in [0.4, 0.5) is 0 Å². The standard InChI is InChI=1S/C16H22N2.C2H6/c1-10(2)9-14-16-13(7-8-17-14)12-6-4-5-11(3)15(12)18-16;1-2/h4-6,10,14,17-18H,7-9H2,1-3H3;1-2H3. The van der Waals surface area contributed by atoms with Crippen LogP contribution in [0.25, 0.3) is 10.9 Å². The third kappa shape index (κ3) is 2.76. The molecule has 2 aromatic rings. The van der Waals surface area contributed by atoms with Gasteiger partial charge in [-0.15, -0.1) is 0 Å². The summed E-state index contributed by atoms with van der Waals surface area (Å²) in [5.74, 6) is 0.723. The molecule has 0 saturated carbocycles. The molecule has 0 aliphatic carbocycles. The van der Waals surface area contributed by atoms with E-state index in [1.165, 1.54) is 34.1 Å². The van der Waals surface area contributed by atoms with E-state index in [0.29, 0.717) is 6.04 Å². The third-order valence-electron chi connectivity index (χ3n) is 4.00. The van der Waals surface area contributed by atoms with Crippen molar-refractivity contribution in [2.24, 2.45) is 5.92 Å². The molecule has 1 unspecified atom stereocenters. The topological polar surface area (TPSA) is 27.8 Å². The zero-order valence-electron chi connectivity index (χ0n) is 13.5. The van der Waals surface area contributed by atoms with Crippen molar-refractivity contribution in [3.05, 3.63) is 35.0 Å². The first-order valence-electron chi connectivity index (χ1n) is 8.00. The van der Waals surface area contributed by atoms with Crippen LogP contribution < -0.4 is 5.32 Å². The molecule has 2 heterocycles. The SMILES string of the molecule is CC.Cc1cccc2c3c([nH]c12)C(CC(C)C)NCC3. The number of aryl methyl sites for hydroxylation is 1. The molecule has 0 spiro atoms. The fourth-order valence-corrected chi connectivity index (χ4v) is 3.15. The summed E-state index contributed by atoms with van der Waals surface area (Å²) >= 11 is 0.